The van der Waals surface area contributed by atoms with E-state index in [-0.39, 0.29) is 0 Å². The van der Waals surface area contributed by atoms with E-state index < -0.39 is 0 Å². The van der Waals surface area contributed by atoms with Crippen molar-refractivity contribution in [3.8, 4) is 0 Å². The van der Waals surface area contributed by atoms with Crippen LogP contribution in [-0.2, 0) is 6.42 Å². The van der Waals surface area contributed by atoms with E-state index in [0.29, 0.717) is 12.5 Å². The lowest BCUT2D eigenvalue weighted by Gasteiger charge is -2.27. The van der Waals surface area contributed by atoms with Crippen molar-refractivity contribution in [1.82, 2.24) is 0 Å². The van der Waals surface area contributed by atoms with Crippen LogP contribution in [0.4, 0.5) is 5.69 Å². The third kappa shape index (κ3) is 3.39. The fourth-order valence-corrected chi connectivity index (χ4v) is 2.59. The van der Waals surface area contributed by atoms with Gasteiger partial charge < -0.3 is 10.6 Å². The average Bonchev–Trinajstić information content (AvgIpc) is 3.13. The molecule has 0 saturated heterocycles. The zero-order valence-electron chi connectivity index (χ0n) is 11.3. The van der Waals surface area contributed by atoms with E-state index in [9.17, 15) is 0 Å². The molecule has 1 aliphatic carbocycles. The summed E-state index contributed by atoms with van der Waals surface area (Å²) < 4.78 is 0. The summed E-state index contributed by atoms with van der Waals surface area (Å²) in [6.45, 7) is 6.29. The van der Waals surface area contributed by atoms with Gasteiger partial charge in [-0.05, 0) is 49.4 Å². The largest absolute Gasteiger partial charge is 0.368 e. The van der Waals surface area contributed by atoms with Crippen molar-refractivity contribution in [1.29, 1.82) is 0 Å². The lowest BCUT2D eigenvalue weighted by Crippen LogP contribution is -2.29. The molecule has 2 nitrogen and oxygen atoms in total. The second-order valence-corrected chi connectivity index (χ2v) is 6.00. The predicted molar refractivity (Wildman–Crippen MR) is 79.4 cm³/mol. The molecule has 0 aliphatic heterocycles. The summed E-state index contributed by atoms with van der Waals surface area (Å²) in [6, 6.07) is 7.15. The van der Waals surface area contributed by atoms with Crippen LogP contribution in [0, 0.1) is 5.92 Å². The fourth-order valence-electron chi connectivity index (χ4n) is 2.32. The SMILES string of the molecule is CC(C)CN(c1ccc(CCN)c(Cl)c1)C1CC1. The molecule has 0 unspecified atom stereocenters. The van der Waals surface area contributed by atoms with Crippen LogP contribution in [0.2, 0.25) is 5.02 Å². The Kier molecular flexibility index (Phi) is 4.52. The van der Waals surface area contributed by atoms with Gasteiger partial charge >= 0.3 is 0 Å². The molecule has 100 valence electrons. The molecule has 0 aromatic heterocycles. The number of halogens is 1. The Morgan fingerprint density at radius 2 is 2.11 bits per heavy atom. The van der Waals surface area contributed by atoms with E-state index in [1.807, 2.05) is 0 Å². The van der Waals surface area contributed by atoms with Crippen LogP contribution < -0.4 is 10.6 Å². The Hall–Kier alpha value is -0.730. The molecule has 2 N–H and O–H groups in total. The number of nitrogens with zero attached hydrogens (tertiary/aromatic N) is 1. The molecule has 0 amide bonds. The van der Waals surface area contributed by atoms with Gasteiger partial charge in [-0.3, -0.25) is 0 Å². The molecule has 1 saturated carbocycles. The lowest BCUT2D eigenvalue weighted by atomic mass is 10.1. The first kappa shape index (κ1) is 13.7. The molecule has 0 spiro atoms. The zero-order chi connectivity index (χ0) is 13.1. The van der Waals surface area contributed by atoms with Crippen molar-refractivity contribution in [3.05, 3.63) is 28.8 Å². The smallest absolute Gasteiger partial charge is 0.0459 e. The fraction of sp³-hybridized carbons (Fsp3) is 0.600. The van der Waals surface area contributed by atoms with Gasteiger partial charge in [0.15, 0.2) is 0 Å². The topological polar surface area (TPSA) is 29.3 Å². The second kappa shape index (κ2) is 5.94. The van der Waals surface area contributed by atoms with Gasteiger partial charge in [0.25, 0.3) is 0 Å². The van der Waals surface area contributed by atoms with Gasteiger partial charge in [-0.15, -0.1) is 0 Å². The van der Waals surface area contributed by atoms with Crippen molar-refractivity contribution in [3.63, 3.8) is 0 Å². The maximum atomic E-state index is 6.33. The first-order chi connectivity index (χ1) is 8.61. The standard InChI is InChI=1S/C15H23ClN2/c1-11(2)10-18(13-5-6-13)14-4-3-12(7-8-17)15(16)9-14/h3-4,9,11,13H,5-8,10,17H2,1-2H3. The molecular formula is C15H23ClN2. The summed E-state index contributed by atoms with van der Waals surface area (Å²) in [5.41, 5.74) is 8.00. The highest BCUT2D eigenvalue weighted by Gasteiger charge is 2.29. The summed E-state index contributed by atoms with van der Waals surface area (Å²) in [7, 11) is 0. The Bertz CT molecular complexity index is 399. The molecule has 2 rings (SSSR count). The lowest BCUT2D eigenvalue weighted by molar-refractivity contribution is 0.607. The van der Waals surface area contributed by atoms with Crippen molar-refractivity contribution in [2.45, 2.75) is 39.2 Å². The molecule has 0 radical (unpaired) electrons. The van der Waals surface area contributed by atoms with Crippen LogP contribution in [0.1, 0.15) is 32.3 Å². The van der Waals surface area contributed by atoms with Crippen LogP contribution in [0.3, 0.4) is 0 Å². The van der Waals surface area contributed by atoms with Gasteiger partial charge in [0.2, 0.25) is 0 Å². The van der Waals surface area contributed by atoms with Gasteiger partial charge in [0, 0.05) is 23.3 Å². The molecule has 0 atom stereocenters. The van der Waals surface area contributed by atoms with E-state index in [2.05, 4.69) is 36.9 Å². The Labute approximate surface area is 115 Å². The van der Waals surface area contributed by atoms with Gasteiger partial charge in [-0.2, -0.15) is 0 Å². The molecule has 1 aliphatic rings. The molecule has 1 aromatic carbocycles. The van der Waals surface area contributed by atoms with E-state index >= 15 is 0 Å². The van der Waals surface area contributed by atoms with Gasteiger partial charge in [0.05, 0.1) is 0 Å². The highest BCUT2D eigenvalue weighted by atomic mass is 35.5. The van der Waals surface area contributed by atoms with Crippen molar-refractivity contribution in [2.24, 2.45) is 11.7 Å². The monoisotopic (exact) mass is 266 g/mol. The minimum absolute atomic E-state index is 0.650. The Morgan fingerprint density at radius 3 is 2.61 bits per heavy atom. The summed E-state index contributed by atoms with van der Waals surface area (Å²) in [4.78, 5) is 2.50. The van der Waals surface area contributed by atoms with Crippen LogP contribution in [0.5, 0.6) is 0 Å². The minimum atomic E-state index is 0.650. The Morgan fingerprint density at radius 1 is 1.39 bits per heavy atom. The number of nitrogens with two attached hydrogens (primary N) is 1. The number of benzene rings is 1. The first-order valence-corrected chi connectivity index (χ1v) is 7.24. The summed E-state index contributed by atoms with van der Waals surface area (Å²) in [5.74, 6) is 0.674. The van der Waals surface area contributed by atoms with Crippen LogP contribution >= 0.6 is 11.6 Å². The van der Waals surface area contributed by atoms with Crippen LogP contribution in [0.25, 0.3) is 0 Å². The molecule has 0 heterocycles. The molecule has 0 bridgehead atoms. The third-order valence-corrected chi connectivity index (χ3v) is 3.68. The van der Waals surface area contributed by atoms with Crippen LogP contribution in [-0.4, -0.2) is 19.1 Å². The molecule has 1 aromatic rings. The molecule has 3 heteroatoms. The maximum Gasteiger partial charge on any atom is 0.0459 e. The van der Waals surface area contributed by atoms with Crippen molar-refractivity contribution < 1.29 is 0 Å². The van der Waals surface area contributed by atoms with E-state index in [1.165, 1.54) is 18.5 Å². The minimum Gasteiger partial charge on any atom is -0.368 e. The van der Waals surface area contributed by atoms with E-state index in [4.69, 9.17) is 17.3 Å². The third-order valence-electron chi connectivity index (χ3n) is 3.33. The zero-order valence-corrected chi connectivity index (χ0v) is 12.1. The Balaban J connectivity index is 2.17. The van der Waals surface area contributed by atoms with E-state index in [1.54, 1.807) is 0 Å². The highest BCUT2D eigenvalue weighted by Crippen LogP contribution is 2.34. The number of hydrogen-bond donors (Lipinski definition) is 1. The molecule has 18 heavy (non-hydrogen) atoms. The number of anilines is 1. The summed E-state index contributed by atoms with van der Waals surface area (Å²) in [6.07, 6.45) is 3.48. The van der Waals surface area contributed by atoms with Gasteiger partial charge in [0.1, 0.15) is 0 Å². The van der Waals surface area contributed by atoms with Crippen molar-refractivity contribution >= 4 is 17.3 Å². The molecular weight excluding hydrogens is 244 g/mol. The number of rotatable bonds is 6. The van der Waals surface area contributed by atoms with Gasteiger partial charge in [-0.25, -0.2) is 0 Å². The maximum absolute atomic E-state index is 6.33. The molecule has 1 fully saturated rings. The predicted octanol–water partition coefficient (Wildman–Crippen LogP) is 3.47. The number of hydrogen-bond acceptors (Lipinski definition) is 2. The van der Waals surface area contributed by atoms with Crippen LogP contribution in [0.15, 0.2) is 18.2 Å². The normalized spacial score (nSPS) is 15.2. The first-order valence-electron chi connectivity index (χ1n) is 6.87. The quantitative estimate of drug-likeness (QED) is 0.854. The second-order valence-electron chi connectivity index (χ2n) is 5.59. The summed E-state index contributed by atoms with van der Waals surface area (Å²) >= 11 is 6.33. The van der Waals surface area contributed by atoms with E-state index in [0.717, 1.165) is 29.6 Å². The highest BCUT2D eigenvalue weighted by molar-refractivity contribution is 6.31. The van der Waals surface area contributed by atoms with Crippen molar-refractivity contribution in [2.75, 3.05) is 18.0 Å². The average molecular weight is 267 g/mol. The van der Waals surface area contributed by atoms with Gasteiger partial charge in [-0.1, -0.05) is 31.5 Å². The summed E-state index contributed by atoms with van der Waals surface area (Å²) in [5, 5.41) is 0.854.